The number of hydrogen-bond acceptors (Lipinski definition) is 7. The summed E-state index contributed by atoms with van der Waals surface area (Å²) in [6.07, 6.45) is 0.182. The summed E-state index contributed by atoms with van der Waals surface area (Å²) in [7, 11) is 2.85. The Morgan fingerprint density at radius 3 is 2.32 bits per heavy atom. The number of benzene rings is 1. The number of esters is 2. The molecule has 0 fully saturated rings. The van der Waals surface area contributed by atoms with Gasteiger partial charge in [-0.3, -0.25) is 9.59 Å². The number of methoxy groups -OCH3 is 2. The molecule has 7 nitrogen and oxygen atoms in total. The van der Waals surface area contributed by atoms with E-state index in [1.54, 1.807) is 40.0 Å². The molecule has 1 aliphatic carbocycles. The first kappa shape index (κ1) is 22.6. The van der Waals surface area contributed by atoms with E-state index in [-0.39, 0.29) is 17.8 Å². The van der Waals surface area contributed by atoms with Crippen LogP contribution in [0.15, 0.2) is 46.8 Å². The Labute approximate surface area is 182 Å². The fraction of sp³-hybridized carbons (Fsp3) is 0.458. The predicted octanol–water partition coefficient (Wildman–Crippen LogP) is 3.26. The molecule has 0 unspecified atom stereocenters. The minimum Gasteiger partial charge on any atom is -0.497 e. The number of nitrogens with one attached hydrogen (secondary N) is 1. The quantitative estimate of drug-likeness (QED) is 0.570. The van der Waals surface area contributed by atoms with Crippen molar-refractivity contribution in [3.8, 4) is 5.75 Å². The number of ketones is 1. The van der Waals surface area contributed by atoms with Gasteiger partial charge in [0.05, 0.1) is 25.9 Å². The number of hydrogen-bond donors (Lipinski definition) is 1. The molecular formula is C24H29NO6. The molecule has 0 saturated carbocycles. The van der Waals surface area contributed by atoms with Gasteiger partial charge in [0.25, 0.3) is 0 Å². The summed E-state index contributed by atoms with van der Waals surface area (Å²) >= 11 is 0. The van der Waals surface area contributed by atoms with E-state index in [0.717, 1.165) is 11.3 Å². The van der Waals surface area contributed by atoms with Gasteiger partial charge in [0.2, 0.25) is 0 Å². The lowest BCUT2D eigenvalue weighted by atomic mass is 9.69. The number of Topliss-reactive ketones (excluding diaryl/α,β-unsaturated/α-hetero) is 1. The molecule has 2 aliphatic rings. The second-order valence-corrected chi connectivity index (χ2v) is 8.26. The van der Waals surface area contributed by atoms with Crippen LogP contribution in [0.4, 0.5) is 0 Å². The van der Waals surface area contributed by atoms with Crippen LogP contribution in [-0.2, 0) is 23.9 Å². The first-order valence-corrected chi connectivity index (χ1v) is 10.4. The highest BCUT2D eigenvalue weighted by atomic mass is 16.5. The molecule has 0 amide bonds. The van der Waals surface area contributed by atoms with E-state index >= 15 is 0 Å². The summed E-state index contributed by atoms with van der Waals surface area (Å²) in [4.78, 5) is 39.1. The van der Waals surface area contributed by atoms with Gasteiger partial charge in [-0.2, -0.15) is 0 Å². The highest BCUT2D eigenvalue weighted by Crippen LogP contribution is 2.45. The SMILES string of the molecule is COC(=O)[C@H]1C(=O)C2=C(C[C@@H]1C)NC(C)=C(C(=O)OC(C)C)[C@H]2c1ccc(OC)cc1. The molecule has 0 aromatic heterocycles. The average Bonchev–Trinajstić information content (AvgIpc) is 2.71. The minimum atomic E-state index is -0.910. The van der Waals surface area contributed by atoms with Crippen molar-refractivity contribution >= 4 is 17.7 Å². The van der Waals surface area contributed by atoms with Crippen molar-refractivity contribution in [1.29, 1.82) is 0 Å². The van der Waals surface area contributed by atoms with Crippen LogP contribution in [0, 0.1) is 11.8 Å². The van der Waals surface area contributed by atoms with Gasteiger partial charge in [0, 0.05) is 22.9 Å². The molecule has 1 aromatic carbocycles. The molecule has 0 radical (unpaired) electrons. The summed E-state index contributed by atoms with van der Waals surface area (Å²) in [5, 5.41) is 3.24. The summed E-state index contributed by atoms with van der Waals surface area (Å²) in [5.74, 6) is -2.50. The van der Waals surface area contributed by atoms with Crippen molar-refractivity contribution in [2.45, 2.75) is 46.1 Å². The normalized spacial score (nSPS) is 23.3. The van der Waals surface area contributed by atoms with Crippen LogP contribution in [-0.4, -0.2) is 38.0 Å². The molecule has 3 atom stereocenters. The maximum Gasteiger partial charge on any atom is 0.337 e. The largest absolute Gasteiger partial charge is 0.497 e. The molecule has 1 N–H and O–H groups in total. The van der Waals surface area contributed by atoms with Crippen LogP contribution in [0.2, 0.25) is 0 Å². The Kier molecular flexibility index (Phi) is 6.53. The monoisotopic (exact) mass is 427 g/mol. The zero-order valence-electron chi connectivity index (χ0n) is 18.8. The number of carbonyl (C=O) groups is 3. The molecule has 1 aromatic rings. The molecule has 0 saturated heterocycles. The third-order valence-electron chi connectivity index (χ3n) is 5.75. The van der Waals surface area contributed by atoms with Crippen LogP contribution >= 0.6 is 0 Å². The van der Waals surface area contributed by atoms with Crippen LogP contribution in [0.1, 0.15) is 45.6 Å². The first-order valence-electron chi connectivity index (χ1n) is 10.4. The highest BCUT2D eigenvalue weighted by Gasteiger charge is 2.47. The van der Waals surface area contributed by atoms with E-state index in [1.807, 2.05) is 19.1 Å². The smallest absolute Gasteiger partial charge is 0.337 e. The van der Waals surface area contributed by atoms with E-state index in [0.29, 0.717) is 29.0 Å². The minimum absolute atomic E-state index is 0.223. The van der Waals surface area contributed by atoms with Crippen LogP contribution in [0.3, 0.4) is 0 Å². The molecule has 3 rings (SSSR count). The lowest BCUT2D eigenvalue weighted by Gasteiger charge is -2.38. The maximum atomic E-state index is 13.6. The van der Waals surface area contributed by atoms with Gasteiger partial charge < -0.3 is 19.5 Å². The van der Waals surface area contributed by atoms with Gasteiger partial charge in [0.15, 0.2) is 5.78 Å². The van der Waals surface area contributed by atoms with Crippen molar-refractivity contribution in [1.82, 2.24) is 5.32 Å². The Bertz CT molecular complexity index is 957. The van der Waals surface area contributed by atoms with Crippen molar-refractivity contribution in [3.63, 3.8) is 0 Å². The highest BCUT2D eigenvalue weighted by molar-refractivity contribution is 6.12. The lowest BCUT2D eigenvalue weighted by molar-refractivity contribution is -0.151. The molecule has 0 bridgehead atoms. The maximum absolute atomic E-state index is 13.6. The van der Waals surface area contributed by atoms with Crippen LogP contribution in [0.25, 0.3) is 0 Å². The third-order valence-corrected chi connectivity index (χ3v) is 5.75. The first-order chi connectivity index (χ1) is 14.7. The summed E-state index contributed by atoms with van der Waals surface area (Å²) in [6, 6.07) is 7.22. The second kappa shape index (κ2) is 8.96. The number of allylic oxidation sites excluding steroid dienone is 3. The summed E-state index contributed by atoms with van der Waals surface area (Å²) in [5.41, 5.74) is 2.90. The summed E-state index contributed by atoms with van der Waals surface area (Å²) < 4.78 is 15.7. The van der Waals surface area contributed by atoms with Crippen molar-refractivity contribution in [2.75, 3.05) is 14.2 Å². The number of dihydropyridines is 1. The van der Waals surface area contributed by atoms with Crippen molar-refractivity contribution < 1.29 is 28.6 Å². The molecule has 1 heterocycles. The van der Waals surface area contributed by atoms with Gasteiger partial charge in [-0.05, 0) is 50.8 Å². The Balaban J connectivity index is 2.17. The van der Waals surface area contributed by atoms with Gasteiger partial charge in [-0.1, -0.05) is 19.1 Å². The average molecular weight is 427 g/mol. The van der Waals surface area contributed by atoms with Gasteiger partial charge in [0.1, 0.15) is 11.7 Å². The van der Waals surface area contributed by atoms with Gasteiger partial charge in [-0.15, -0.1) is 0 Å². The molecule has 31 heavy (non-hydrogen) atoms. The molecule has 7 heteroatoms. The third kappa shape index (κ3) is 4.22. The molecule has 1 aliphatic heterocycles. The molecular weight excluding hydrogens is 398 g/mol. The predicted molar refractivity (Wildman–Crippen MR) is 114 cm³/mol. The fourth-order valence-electron chi connectivity index (χ4n) is 4.36. The zero-order chi connectivity index (χ0) is 22.9. The van der Waals surface area contributed by atoms with E-state index in [1.165, 1.54) is 7.11 Å². The number of ether oxygens (including phenoxy) is 3. The Hall–Kier alpha value is -3.09. The lowest BCUT2D eigenvalue weighted by Crippen LogP contribution is -2.43. The fourth-order valence-corrected chi connectivity index (χ4v) is 4.36. The zero-order valence-corrected chi connectivity index (χ0v) is 18.8. The number of rotatable bonds is 5. The molecule has 0 spiro atoms. The van der Waals surface area contributed by atoms with E-state index < -0.39 is 23.8 Å². The van der Waals surface area contributed by atoms with Crippen molar-refractivity contribution in [3.05, 3.63) is 52.4 Å². The number of carbonyl (C=O) groups excluding carboxylic acids is 3. The van der Waals surface area contributed by atoms with E-state index in [4.69, 9.17) is 14.2 Å². The Morgan fingerprint density at radius 1 is 1.13 bits per heavy atom. The standard InChI is InChI=1S/C24H29NO6/c1-12(2)31-24(28)19-14(4)25-17-11-13(3)18(23(27)30-6)22(26)21(17)20(19)15-7-9-16(29-5)10-8-15/h7-10,12-13,18,20,25H,11H2,1-6H3/t13-,18+,20+/m0/s1. The topological polar surface area (TPSA) is 90.9 Å². The Morgan fingerprint density at radius 2 is 1.77 bits per heavy atom. The summed E-state index contributed by atoms with van der Waals surface area (Å²) in [6.45, 7) is 7.21. The van der Waals surface area contributed by atoms with Gasteiger partial charge >= 0.3 is 11.9 Å². The van der Waals surface area contributed by atoms with Crippen LogP contribution in [0.5, 0.6) is 5.75 Å². The van der Waals surface area contributed by atoms with E-state index in [2.05, 4.69) is 5.32 Å². The van der Waals surface area contributed by atoms with Crippen molar-refractivity contribution in [2.24, 2.45) is 11.8 Å². The second-order valence-electron chi connectivity index (χ2n) is 8.26. The van der Waals surface area contributed by atoms with E-state index in [9.17, 15) is 14.4 Å². The molecule has 166 valence electrons. The van der Waals surface area contributed by atoms with Crippen LogP contribution < -0.4 is 10.1 Å². The van der Waals surface area contributed by atoms with Gasteiger partial charge in [-0.25, -0.2) is 4.79 Å².